The molecule has 4 heteroatoms. The predicted octanol–water partition coefficient (Wildman–Crippen LogP) is 4.82. The van der Waals surface area contributed by atoms with Gasteiger partial charge in [-0.1, -0.05) is 19.9 Å². The van der Waals surface area contributed by atoms with E-state index in [-0.39, 0.29) is 11.7 Å². The van der Waals surface area contributed by atoms with Crippen molar-refractivity contribution in [1.29, 1.82) is 0 Å². The van der Waals surface area contributed by atoms with Gasteiger partial charge in [-0.3, -0.25) is 4.68 Å². The standard InChI is InChI=1S/C19H21FN2O/c1-11(2)18-12(3)8-13(9-16(18)20)14-6-7-17(23-5)19-15(14)10-22(4)21-19/h6-11H,1-5H3/i4D3. The first-order valence-electron chi connectivity index (χ1n) is 9.00. The van der Waals surface area contributed by atoms with Gasteiger partial charge in [0.1, 0.15) is 17.1 Å². The Hall–Kier alpha value is -2.36. The lowest BCUT2D eigenvalue weighted by Crippen LogP contribution is -1.98. The molecule has 0 bridgehead atoms. The summed E-state index contributed by atoms with van der Waals surface area (Å²) in [6.45, 7) is 3.40. The molecule has 23 heavy (non-hydrogen) atoms. The fraction of sp³-hybridized carbons (Fsp3) is 0.316. The summed E-state index contributed by atoms with van der Waals surface area (Å²) in [5.74, 6) is 0.295. The van der Waals surface area contributed by atoms with Crippen LogP contribution in [0.3, 0.4) is 0 Å². The lowest BCUT2D eigenvalue weighted by atomic mass is 9.92. The highest BCUT2D eigenvalue weighted by molar-refractivity contribution is 5.97. The van der Waals surface area contributed by atoms with E-state index in [0.717, 1.165) is 10.2 Å². The third-order valence-corrected chi connectivity index (χ3v) is 4.08. The van der Waals surface area contributed by atoms with Gasteiger partial charge >= 0.3 is 0 Å². The van der Waals surface area contributed by atoms with Crippen LogP contribution >= 0.6 is 0 Å². The van der Waals surface area contributed by atoms with Crippen molar-refractivity contribution >= 4 is 10.9 Å². The highest BCUT2D eigenvalue weighted by Crippen LogP contribution is 2.36. The van der Waals surface area contributed by atoms with E-state index in [4.69, 9.17) is 8.85 Å². The molecular weight excluding hydrogens is 291 g/mol. The zero-order chi connectivity index (χ0) is 19.2. The molecule has 1 heterocycles. The molecule has 0 aliphatic heterocycles. The second-order valence-corrected chi connectivity index (χ2v) is 5.99. The number of benzene rings is 2. The molecule has 0 fully saturated rings. The Kier molecular flexibility index (Phi) is 2.99. The maximum absolute atomic E-state index is 14.7. The minimum absolute atomic E-state index is 0.0817. The Morgan fingerprint density at radius 3 is 2.70 bits per heavy atom. The van der Waals surface area contributed by atoms with E-state index in [1.807, 2.05) is 26.8 Å². The third-order valence-electron chi connectivity index (χ3n) is 4.08. The van der Waals surface area contributed by atoms with Crippen LogP contribution in [0, 0.1) is 12.7 Å². The maximum atomic E-state index is 14.7. The molecule has 0 unspecified atom stereocenters. The fourth-order valence-corrected chi connectivity index (χ4v) is 3.14. The quantitative estimate of drug-likeness (QED) is 0.693. The number of hydrogen-bond donors (Lipinski definition) is 0. The van der Waals surface area contributed by atoms with E-state index in [1.54, 1.807) is 12.1 Å². The summed E-state index contributed by atoms with van der Waals surface area (Å²) >= 11 is 0. The van der Waals surface area contributed by atoms with Gasteiger partial charge in [-0.2, -0.15) is 5.10 Å². The molecule has 0 saturated heterocycles. The fourth-order valence-electron chi connectivity index (χ4n) is 3.14. The third kappa shape index (κ3) is 2.58. The predicted molar refractivity (Wildman–Crippen MR) is 91.5 cm³/mol. The van der Waals surface area contributed by atoms with E-state index in [1.165, 1.54) is 19.4 Å². The molecular formula is C19H21FN2O. The van der Waals surface area contributed by atoms with Crippen LogP contribution in [0.4, 0.5) is 4.39 Å². The molecule has 0 saturated carbocycles. The van der Waals surface area contributed by atoms with Gasteiger partial charge in [-0.05, 0) is 53.3 Å². The Bertz CT molecular complexity index is 954. The Balaban J connectivity index is 2.28. The van der Waals surface area contributed by atoms with Crippen LogP contribution < -0.4 is 4.74 Å². The van der Waals surface area contributed by atoms with Gasteiger partial charge in [0.2, 0.25) is 0 Å². The Morgan fingerprint density at radius 2 is 2.09 bits per heavy atom. The van der Waals surface area contributed by atoms with Gasteiger partial charge in [0.15, 0.2) is 0 Å². The minimum Gasteiger partial charge on any atom is -0.494 e. The zero-order valence-electron chi connectivity index (χ0n) is 16.6. The normalized spacial score (nSPS) is 13.9. The van der Waals surface area contributed by atoms with Crippen molar-refractivity contribution in [2.75, 3.05) is 7.11 Å². The van der Waals surface area contributed by atoms with Crippen molar-refractivity contribution in [3.63, 3.8) is 0 Å². The molecule has 0 N–H and O–H groups in total. The van der Waals surface area contributed by atoms with Crippen molar-refractivity contribution in [2.24, 2.45) is 6.98 Å². The molecule has 120 valence electrons. The first-order chi connectivity index (χ1) is 12.1. The number of nitrogens with zero attached hydrogens (tertiary/aromatic N) is 2. The van der Waals surface area contributed by atoms with Gasteiger partial charge in [-0.15, -0.1) is 0 Å². The molecule has 3 rings (SSSR count). The van der Waals surface area contributed by atoms with E-state index in [9.17, 15) is 4.39 Å². The molecule has 0 atom stereocenters. The van der Waals surface area contributed by atoms with Crippen LogP contribution in [0.15, 0.2) is 30.5 Å². The maximum Gasteiger partial charge on any atom is 0.147 e. The van der Waals surface area contributed by atoms with Crippen molar-refractivity contribution < 1.29 is 13.2 Å². The first-order valence-corrected chi connectivity index (χ1v) is 7.50. The summed E-state index contributed by atoms with van der Waals surface area (Å²) < 4.78 is 43.7. The number of halogens is 1. The SMILES string of the molecule is [2H]C([2H])([2H])n1cc2c(-c3cc(C)c(C(C)C)c(F)c3)ccc(OC)c2n1. The monoisotopic (exact) mass is 315 g/mol. The van der Waals surface area contributed by atoms with Crippen LogP contribution in [0.25, 0.3) is 22.0 Å². The molecule has 0 aliphatic carbocycles. The van der Waals surface area contributed by atoms with E-state index in [2.05, 4.69) is 5.10 Å². The van der Waals surface area contributed by atoms with E-state index < -0.39 is 6.98 Å². The highest BCUT2D eigenvalue weighted by atomic mass is 19.1. The Morgan fingerprint density at radius 1 is 1.30 bits per heavy atom. The van der Waals surface area contributed by atoms with E-state index >= 15 is 0 Å². The number of methoxy groups -OCH3 is 1. The van der Waals surface area contributed by atoms with Crippen LogP contribution in [0.1, 0.15) is 35.0 Å². The van der Waals surface area contributed by atoms with Gasteiger partial charge in [0.05, 0.1) is 7.11 Å². The lowest BCUT2D eigenvalue weighted by molar-refractivity contribution is 0.418. The number of fused-ring (bicyclic) bond motifs is 1. The van der Waals surface area contributed by atoms with Crippen molar-refractivity contribution in [3.05, 3.63) is 47.4 Å². The highest BCUT2D eigenvalue weighted by Gasteiger charge is 2.16. The summed E-state index contributed by atoms with van der Waals surface area (Å²) in [6.07, 6.45) is 1.46. The molecule has 3 nitrogen and oxygen atoms in total. The van der Waals surface area contributed by atoms with Crippen LogP contribution in [-0.2, 0) is 6.98 Å². The first kappa shape index (κ1) is 12.1. The van der Waals surface area contributed by atoms with Crippen molar-refractivity contribution in [2.45, 2.75) is 26.7 Å². The molecule has 0 aliphatic rings. The number of rotatable bonds is 3. The van der Waals surface area contributed by atoms with Crippen LogP contribution in [0.2, 0.25) is 0 Å². The molecule has 3 aromatic rings. The average Bonchev–Trinajstić information content (AvgIpc) is 2.98. The van der Waals surface area contributed by atoms with Crippen LogP contribution in [0.5, 0.6) is 5.75 Å². The zero-order valence-corrected chi connectivity index (χ0v) is 13.6. The molecule has 1 aromatic heterocycles. The smallest absolute Gasteiger partial charge is 0.147 e. The average molecular weight is 315 g/mol. The second kappa shape index (κ2) is 5.69. The number of ether oxygens (including phenoxy) is 1. The van der Waals surface area contributed by atoms with Gasteiger partial charge < -0.3 is 4.74 Å². The topological polar surface area (TPSA) is 27.1 Å². The molecule has 0 spiro atoms. The largest absolute Gasteiger partial charge is 0.494 e. The van der Waals surface area contributed by atoms with Crippen molar-refractivity contribution in [3.8, 4) is 16.9 Å². The van der Waals surface area contributed by atoms with Gasteiger partial charge in [0.25, 0.3) is 0 Å². The summed E-state index contributed by atoms with van der Waals surface area (Å²) in [6, 6.07) is 6.94. The Labute approximate surface area is 139 Å². The summed E-state index contributed by atoms with van der Waals surface area (Å²) in [5.41, 5.74) is 3.39. The molecule has 0 radical (unpaired) electrons. The van der Waals surface area contributed by atoms with Gasteiger partial charge in [-0.25, -0.2) is 4.39 Å². The van der Waals surface area contributed by atoms with Crippen LogP contribution in [-0.4, -0.2) is 16.9 Å². The van der Waals surface area contributed by atoms with E-state index in [0.29, 0.717) is 33.3 Å². The minimum atomic E-state index is -2.40. The lowest BCUT2D eigenvalue weighted by Gasteiger charge is -2.14. The summed E-state index contributed by atoms with van der Waals surface area (Å²) in [7, 11) is 1.50. The number of hydrogen-bond acceptors (Lipinski definition) is 2. The molecule has 0 amide bonds. The second-order valence-electron chi connectivity index (χ2n) is 5.99. The summed E-state index contributed by atoms with van der Waals surface area (Å²) in [4.78, 5) is 0. The summed E-state index contributed by atoms with van der Waals surface area (Å²) in [5, 5.41) is 4.77. The van der Waals surface area contributed by atoms with Gasteiger partial charge in [0, 0.05) is 22.7 Å². The number of aryl methyl sites for hydroxylation is 2. The number of aromatic nitrogens is 2. The molecule has 2 aromatic carbocycles. The van der Waals surface area contributed by atoms with Crippen molar-refractivity contribution in [1.82, 2.24) is 9.78 Å².